The quantitative estimate of drug-likeness (QED) is 0.900. The molecule has 0 unspecified atom stereocenters. The van der Waals surface area contributed by atoms with E-state index in [1.807, 2.05) is 0 Å². The number of carbonyl (C=O) groups is 2. The highest BCUT2D eigenvalue weighted by Gasteiger charge is 2.25. The molecule has 0 aliphatic carbocycles. The smallest absolute Gasteiger partial charge is 0.306 e. The zero-order valence-corrected chi connectivity index (χ0v) is 13.1. The van der Waals surface area contributed by atoms with Crippen LogP contribution < -0.4 is 5.43 Å². The van der Waals surface area contributed by atoms with E-state index in [0.717, 1.165) is 5.39 Å². The summed E-state index contributed by atoms with van der Waals surface area (Å²) in [6, 6.07) is 8.75. The number of nitrogens with one attached hydrogen (secondary N) is 1. The molecule has 0 bridgehead atoms. The molecule has 1 aliphatic heterocycles. The minimum atomic E-state index is -0.772. The number of carboxylic acids is 1. The summed E-state index contributed by atoms with van der Waals surface area (Å²) in [7, 11) is 0. The van der Waals surface area contributed by atoms with Crippen LogP contribution in [0.3, 0.4) is 0 Å². The fourth-order valence-electron chi connectivity index (χ4n) is 2.66. The Hall–Kier alpha value is -2.18. The van der Waals surface area contributed by atoms with Gasteiger partial charge in [-0.2, -0.15) is 0 Å². The van der Waals surface area contributed by atoms with E-state index in [0.29, 0.717) is 42.2 Å². The lowest BCUT2D eigenvalue weighted by Gasteiger charge is -2.29. The van der Waals surface area contributed by atoms with E-state index in [1.54, 1.807) is 35.3 Å². The van der Waals surface area contributed by atoms with Gasteiger partial charge < -0.3 is 5.11 Å². The summed E-state index contributed by atoms with van der Waals surface area (Å²) >= 11 is 5.93. The third-order valence-corrected chi connectivity index (χ3v) is 4.22. The molecule has 7 heteroatoms. The monoisotopic (exact) mass is 333 g/mol. The number of benzene rings is 1. The summed E-state index contributed by atoms with van der Waals surface area (Å²) in [6.07, 6.45) is 1.05. The van der Waals surface area contributed by atoms with E-state index >= 15 is 0 Å². The van der Waals surface area contributed by atoms with Gasteiger partial charge in [-0.1, -0.05) is 17.7 Å². The van der Waals surface area contributed by atoms with E-state index in [4.69, 9.17) is 16.7 Å². The topological polar surface area (TPSA) is 82.5 Å². The number of hydrazine groups is 1. The molecule has 2 N–H and O–H groups in total. The van der Waals surface area contributed by atoms with Gasteiger partial charge in [-0.25, -0.2) is 9.99 Å². The summed E-state index contributed by atoms with van der Waals surface area (Å²) in [5, 5.41) is 12.2. The van der Waals surface area contributed by atoms with Crippen LogP contribution in [0.1, 0.15) is 23.3 Å². The van der Waals surface area contributed by atoms with Gasteiger partial charge in [0.15, 0.2) is 0 Å². The predicted molar refractivity (Wildman–Crippen MR) is 86.2 cm³/mol. The third kappa shape index (κ3) is 3.60. The lowest BCUT2D eigenvalue weighted by atomic mass is 9.98. The number of hydrogen-bond donors (Lipinski definition) is 2. The van der Waals surface area contributed by atoms with Gasteiger partial charge in [-0.3, -0.25) is 15.0 Å². The number of aliphatic carboxylic acids is 1. The Morgan fingerprint density at radius 2 is 1.96 bits per heavy atom. The maximum Gasteiger partial charge on any atom is 0.306 e. The lowest BCUT2D eigenvalue weighted by molar-refractivity contribution is -0.143. The van der Waals surface area contributed by atoms with E-state index in [1.165, 1.54) is 0 Å². The molecule has 2 heterocycles. The van der Waals surface area contributed by atoms with Crippen LogP contribution in [-0.2, 0) is 4.79 Å². The number of pyridine rings is 1. The van der Waals surface area contributed by atoms with Crippen molar-refractivity contribution in [3.63, 3.8) is 0 Å². The third-order valence-electron chi connectivity index (χ3n) is 3.99. The fourth-order valence-corrected chi connectivity index (χ4v) is 2.84. The van der Waals surface area contributed by atoms with Crippen LogP contribution in [0.25, 0.3) is 10.9 Å². The maximum atomic E-state index is 12.3. The zero-order chi connectivity index (χ0) is 16.4. The fraction of sp³-hybridized carbons (Fsp3) is 0.312. The summed E-state index contributed by atoms with van der Waals surface area (Å²) < 4.78 is 0. The number of nitrogens with zero attached hydrogens (tertiary/aromatic N) is 2. The summed E-state index contributed by atoms with van der Waals surface area (Å²) in [5.41, 5.74) is 3.80. The average molecular weight is 334 g/mol. The molecule has 1 aliphatic rings. The van der Waals surface area contributed by atoms with Crippen molar-refractivity contribution in [3.8, 4) is 0 Å². The molecule has 3 rings (SSSR count). The van der Waals surface area contributed by atoms with Crippen molar-refractivity contribution in [2.24, 2.45) is 5.92 Å². The van der Waals surface area contributed by atoms with E-state index < -0.39 is 5.97 Å². The van der Waals surface area contributed by atoms with Crippen molar-refractivity contribution in [2.45, 2.75) is 12.8 Å². The molecule has 2 aromatic rings. The minimum Gasteiger partial charge on any atom is -0.481 e. The normalized spacial score (nSPS) is 16.4. The van der Waals surface area contributed by atoms with Crippen LogP contribution in [0.2, 0.25) is 5.02 Å². The Morgan fingerprint density at radius 1 is 1.22 bits per heavy atom. The summed E-state index contributed by atoms with van der Waals surface area (Å²) in [6.45, 7) is 1.04. The number of halogens is 1. The van der Waals surface area contributed by atoms with Crippen LogP contribution in [0.15, 0.2) is 30.3 Å². The zero-order valence-electron chi connectivity index (χ0n) is 12.3. The lowest BCUT2D eigenvalue weighted by Crippen LogP contribution is -2.47. The molecule has 1 aromatic heterocycles. The second-order valence-electron chi connectivity index (χ2n) is 5.57. The minimum absolute atomic E-state index is 0.296. The molecule has 120 valence electrons. The molecular weight excluding hydrogens is 318 g/mol. The highest BCUT2D eigenvalue weighted by molar-refractivity contribution is 6.31. The van der Waals surface area contributed by atoms with Crippen molar-refractivity contribution in [1.29, 1.82) is 0 Å². The molecule has 1 amide bonds. The van der Waals surface area contributed by atoms with Crippen LogP contribution in [0.4, 0.5) is 0 Å². The van der Waals surface area contributed by atoms with Gasteiger partial charge in [0.1, 0.15) is 5.69 Å². The van der Waals surface area contributed by atoms with Gasteiger partial charge in [0, 0.05) is 23.5 Å². The summed E-state index contributed by atoms with van der Waals surface area (Å²) in [4.78, 5) is 27.5. The number of hydrogen-bond acceptors (Lipinski definition) is 4. The van der Waals surface area contributed by atoms with Gasteiger partial charge in [0.2, 0.25) is 0 Å². The Balaban J connectivity index is 1.67. The Bertz CT molecular complexity index is 757. The van der Waals surface area contributed by atoms with Crippen LogP contribution in [0.5, 0.6) is 0 Å². The van der Waals surface area contributed by atoms with Gasteiger partial charge in [-0.15, -0.1) is 0 Å². The molecule has 23 heavy (non-hydrogen) atoms. The van der Waals surface area contributed by atoms with Crippen LogP contribution >= 0.6 is 11.6 Å². The van der Waals surface area contributed by atoms with Crippen LogP contribution in [0, 0.1) is 5.92 Å². The Morgan fingerprint density at radius 3 is 2.65 bits per heavy atom. The van der Waals surface area contributed by atoms with Crippen molar-refractivity contribution in [3.05, 3.63) is 41.0 Å². The van der Waals surface area contributed by atoms with Crippen LogP contribution in [-0.4, -0.2) is 40.1 Å². The second kappa shape index (κ2) is 6.52. The Kier molecular flexibility index (Phi) is 4.45. The SMILES string of the molecule is O=C(NN1CCC(C(=O)O)CC1)c1ccc2cc(Cl)ccc2n1. The van der Waals surface area contributed by atoms with Gasteiger partial charge in [0.25, 0.3) is 5.91 Å². The molecule has 1 fully saturated rings. The van der Waals surface area contributed by atoms with Crippen molar-refractivity contribution >= 4 is 34.4 Å². The molecule has 1 saturated heterocycles. The number of carboxylic acid groups (broad SMARTS) is 1. The van der Waals surface area contributed by atoms with Gasteiger partial charge in [0.05, 0.1) is 11.4 Å². The molecular formula is C16H16ClN3O3. The van der Waals surface area contributed by atoms with E-state index in [-0.39, 0.29) is 11.8 Å². The highest BCUT2D eigenvalue weighted by atomic mass is 35.5. The average Bonchev–Trinajstić information content (AvgIpc) is 2.54. The second-order valence-corrected chi connectivity index (χ2v) is 6.01. The molecule has 0 radical (unpaired) electrons. The molecule has 1 aromatic carbocycles. The number of aromatic nitrogens is 1. The maximum absolute atomic E-state index is 12.3. The van der Waals surface area contributed by atoms with E-state index in [9.17, 15) is 9.59 Å². The van der Waals surface area contributed by atoms with Crippen molar-refractivity contribution < 1.29 is 14.7 Å². The standard InChI is InChI=1S/C16H16ClN3O3/c17-12-2-4-13-11(9-12)1-3-14(18-13)15(21)19-20-7-5-10(6-8-20)16(22)23/h1-4,9-10H,5-8H2,(H,19,21)(H,22,23). The van der Waals surface area contributed by atoms with Crippen molar-refractivity contribution in [2.75, 3.05) is 13.1 Å². The first-order chi connectivity index (χ1) is 11.0. The first-order valence-corrected chi connectivity index (χ1v) is 7.76. The van der Waals surface area contributed by atoms with Gasteiger partial charge in [-0.05, 0) is 37.1 Å². The largest absolute Gasteiger partial charge is 0.481 e. The van der Waals surface area contributed by atoms with E-state index in [2.05, 4.69) is 10.4 Å². The number of amides is 1. The molecule has 0 saturated carbocycles. The first-order valence-electron chi connectivity index (χ1n) is 7.38. The first kappa shape index (κ1) is 15.7. The Labute approximate surface area is 138 Å². The summed E-state index contributed by atoms with van der Waals surface area (Å²) in [5.74, 6) is -1.40. The van der Waals surface area contributed by atoms with Gasteiger partial charge >= 0.3 is 5.97 Å². The predicted octanol–water partition coefficient (Wildman–Crippen LogP) is 2.33. The molecule has 6 nitrogen and oxygen atoms in total. The number of carbonyl (C=O) groups excluding carboxylic acids is 1. The van der Waals surface area contributed by atoms with Crippen molar-refractivity contribution in [1.82, 2.24) is 15.4 Å². The molecule has 0 atom stereocenters. The number of rotatable bonds is 3. The number of piperidine rings is 1. The molecule has 0 spiro atoms. The number of fused-ring (bicyclic) bond motifs is 1. The highest BCUT2D eigenvalue weighted by Crippen LogP contribution is 2.19.